The van der Waals surface area contributed by atoms with Crippen molar-refractivity contribution in [1.29, 1.82) is 0 Å². The average molecular weight is 364 g/mol. The summed E-state index contributed by atoms with van der Waals surface area (Å²) in [4.78, 5) is 23.8. The van der Waals surface area contributed by atoms with E-state index in [0.717, 1.165) is 0 Å². The number of hydrogen-bond acceptors (Lipinski definition) is 3. The van der Waals surface area contributed by atoms with E-state index in [1.807, 2.05) is 30.3 Å². The number of halogens is 1. The first-order valence-electron chi connectivity index (χ1n) is 8.27. The zero-order valence-electron chi connectivity index (χ0n) is 14.3. The third kappa shape index (κ3) is 5.40. The number of anilines is 2. The number of amides is 2. The third-order valence-corrected chi connectivity index (χ3v) is 3.59. The second-order valence-electron chi connectivity index (χ2n) is 5.69. The summed E-state index contributed by atoms with van der Waals surface area (Å²) in [6.07, 6.45) is -0.420. The molecular weight excluding hydrogens is 347 g/mol. The van der Waals surface area contributed by atoms with Crippen LogP contribution in [0.25, 0.3) is 0 Å². The van der Waals surface area contributed by atoms with Crippen molar-refractivity contribution >= 4 is 23.2 Å². The average Bonchev–Trinajstić information content (AvgIpc) is 2.66. The minimum atomic E-state index is -0.596. The van der Waals surface area contributed by atoms with Crippen LogP contribution in [0.1, 0.15) is 6.42 Å². The van der Waals surface area contributed by atoms with Gasteiger partial charge < -0.3 is 15.4 Å². The van der Waals surface area contributed by atoms with Crippen molar-refractivity contribution in [2.45, 2.75) is 6.42 Å². The molecular formula is C21H17FN2O3. The summed E-state index contributed by atoms with van der Waals surface area (Å²) in [5.41, 5.74) is 0.566. The number of ether oxygens (including phenoxy) is 1. The number of hydrogen-bond donors (Lipinski definition) is 2. The highest BCUT2D eigenvalue weighted by molar-refractivity contribution is 6.08. The molecule has 3 rings (SSSR count). The van der Waals surface area contributed by atoms with Crippen LogP contribution in [0.5, 0.6) is 11.5 Å². The number of para-hydroxylation sites is 2. The molecule has 0 heterocycles. The van der Waals surface area contributed by atoms with E-state index in [0.29, 0.717) is 17.2 Å². The van der Waals surface area contributed by atoms with Gasteiger partial charge in [0.25, 0.3) is 0 Å². The van der Waals surface area contributed by atoms with Gasteiger partial charge in [0.1, 0.15) is 23.7 Å². The maximum Gasteiger partial charge on any atom is 0.233 e. The molecule has 6 heteroatoms. The lowest BCUT2D eigenvalue weighted by atomic mass is 10.2. The highest BCUT2D eigenvalue weighted by Crippen LogP contribution is 2.22. The van der Waals surface area contributed by atoms with E-state index in [1.165, 1.54) is 18.2 Å². The third-order valence-electron chi connectivity index (χ3n) is 3.59. The predicted octanol–water partition coefficient (Wildman–Crippen LogP) is 4.59. The zero-order valence-corrected chi connectivity index (χ0v) is 14.3. The van der Waals surface area contributed by atoms with Crippen LogP contribution < -0.4 is 15.4 Å². The Balaban J connectivity index is 1.51. The van der Waals surface area contributed by atoms with Gasteiger partial charge in [-0.05, 0) is 48.5 Å². The van der Waals surface area contributed by atoms with E-state index in [4.69, 9.17) is 4.74 Å². The molecule has 0 aliphatic carbocycles. The molecule has 5 nitrogen and oxygen atoms in total. The van der Waals surface area contributed by atoms with Gasteiger partial charge in [-0.15, -0.1) is 0 Å². The van der Waals surface area contributed by atoms with Gasteiger partial charge in [-0.3, -0.25) is 9.59 Å². The maximum atomic E-state index is 13.5. The van der Waals surface area contributed by atoms with Gasteiger partial charge in [0.05, 0.1) is 5.69 Å². The molecule has 0 saturated carbocycles. The molecule has 0 fully saturated rings. The Hall–Kier alpha value is -3.67. The molecule has 0 radical (unpaired) electrons. The summed E-state index contributed by atoms with van der Waals surface area (Å²) >= 11 is 0. The summed E-state index contributed by atoms with van der Waals surface area (Å²) in [7, 11) is 0. The minimum Gasteiger partial charge on any atom is -0.457 e. The lowest BCUT2D eigenvalue weighted by Crippen LogP contribution is -2.21. The van der Waals surface area contributed by atoms with Crippen LogP contribution in [0.4, 0.5) is 15.8 Å². The van der Waals surface area contributed by atoms with E-state index in [1.54, 1.807) is 30.3 Å². The van der Waals surface area contributed by atoms with Crippen molar-refractivity contribution in [2.75, 3.05) is 10.6 Å². The SMILES string of the molecule is O=C(CC(=O)Nc1ccccc1F)Nc1ccc(Oc2ccccc2)cc1. The van der Waals surface area contributed by atoms with E-state index >= 15 is 0 Å². The van der Waals surface area contributed by atoms with Gasteiger partial charge in [-0.2, -0.15) is 0 Å². The quantitative estimate of drug-likeness (QED) is 0.629. The number of carbonyl (C=O) groups excluding carboxylic acids is 2. The second-order valence-corrected chi connectivity index (χ2v) is 5.69. The predicted molar refractivity (Wildman–Crippen MR) is 101 cm³/mol. The van der Waals surface area contributed by atoms with Gasteiger partial charge >= 0.3 is 0 Å². The van der Waals surface area contributed by atoms with Gasteiger partial charge in [-0.1, -0.05) is 30.3 Å². The van der Waals surface area contributed by atoms with Crippen LogP contribution in [0.3, 0.4) is 0 Å². The molecule has 0 saturated heterocycles. The first kappa shape index (κ1) is 18.1. The highest BCUT2D eigenvalue weighted by Gasteiger charge is 2.12. The Bertz CT molecular complexity index is 928. The largest absolute Gasteiger partial charge is 0.457 e. The second kappa shape index (κ2) is 8.62. The molecule has 0 aromatic heterocycles. The summed E-state index contributed by atoms with van der Waals surface area (Å²) < 4.78 is 19.2. The van der Waals surface area contributed by atoms with Crippen LogP contribution in [-0.2, 0) is 9.59 Å². The van der Waals surface area contributed by atoms with Crippen molar-refractivity contribution in [3.63, 3.8) is 0 Å². The van der Waals surface area contributed by atoms with Crippen molar-refractivity contribution in [3.05, 3.63) is 84.7 Å². The van der Waals surface area contributed by atoms with Crippen LogP contribution >= 0.6 is 0 Å². The first-order chi connectivity index (χ1) is 13.1. The molecule has 0 unspecified atom stereocenters. The molecule has 3 aromatic rings. The molecule has 0 aliphatic heterocycles. The van der Waals surface area contributed by atoms with Gasteiger partial charge in [0.2, 0.25) is 11.8 Å². The lowest BCUT2D eigenvalue weighted by molar-refractivity contribution is -0.123. The fraction of sp³-hybridized carbons (Fsp3) is 0.0476. The summed E-state index contributed by atoms with van der Waals surface area (Å²) in [6.45, 7) is 0. The standard InChI is InChI=1S/C21H17FN2O3/c22-18-8-4-5-9-19(18)24-21(26)14-20(25)23-15-10-12-17(13-11-15)27-16-6-2-1-3-7-16/h1-13H,14H2,(H,23,25)(H,24,26). The Labute approximate surface area is 155 Å². The van der Waals surface area contributed by atoms with Crippen LogP contribution in [0.2, 0.25) is 0 Å². The Morgan fingerprint density at radius 3 is 2.04 bits per heavy atom. The first-order valence-corrected chi connectivity index (χ1v) is 8.27. The summed E-state index contributed by atoms with van der Waals surface area (Å²) in [6, 6.07) is 21.8. The Kier molecular flexibility index (Phi) is 5.79. The Morgan fingerprint density at radius 2 is 1.33 bits per heavy atom. The van der Waals surface area contributed by atoms with Crippen molar-refractivity contribution in [2.24, 2.45) is 0 Å². The van der Waals surface area contributed by atoms with Gasteiger partial charge in [0, 0.05) is 5.69 Å². The smallest absolute Gasteiger partial charge is 0.233 e. The molecule has 0 atom stereocenters. The lowest BCUT2D eigenvalue weighted by Gasteiger charge is -2.09. The molecule has 2 N–H and O–H groups in total. The number of carbonyl (C=O) groups is 2. The van der Waals surface area contributed by atoms with Crippen LogP contribution in [0, 0.1) is 5.82 Å². The molecule has 0 aliphatic rings. The fourth-order valence-corrected chi connectivity index (χ4v) is 2.34. The molecule has 27 heavy (non-hydrogen) atoms. The number of rotatable bonds is 6. The van der Waals surface area contributed by atoms with E-state index < -0.39 is 24.1 Å². The molecule has 3 aromatic carbocycles. The maximum absolute atomic E-state index is 13.5. The van der Waals surface area contributed by atoms with E-state index in [9.17, 15) is 14.0 Å². The van der Waals surface area contributed by atoms with E-state index in [2.05, 4.69) is 10.6 Å². The van der Waals surface area contributed by atoms with Crippen molar-refractivity contribution < 1.29 is 18.7 Å². The molecule has 0 bridgehead atoms. The minimum absolute atomic E-state index is 0.0395. The van der Waals surface area contributed by atoms with Crippen molar-refractivity contribution in [1.82, 2.24) is 0 Å². The number of benzene rings is 3. The molecule has 2 amide bonds. The van der Waals surface area contributed by atoms with Gasteiger partial charge in [-0.25, -0.2) is 4.39 Å². The highest BCUT2D eigenvalue weighted by atomic mass is 19.1. The topological polar surface area (TPSA) is 67.4 Å². The van der Waals surface area contributed by atoms with Gasteiger partial charge in [0.15, 0.2) is 0 Å². The fourth-order valence-electron chi connectivity index (χ4n) is 2.34. The summed E-state index contributed by atoms with van der Waals surface area (Å²) in [5.74, 6) is -0.321. The van der Waals surface area contributed by atoms with E-state index in [-0.39, 0.29) is 5.69 Å². The van der Waals surface area contributed by atoms with Crippen LogP contribution in [-0.4, -0.2) is 11.8 Å². The molecule has 136 valence electrons. The monoisotopic (exact) mass is 364 g/mol. The zero-order chi connectivity index (χ0) is 19.1. The number of nitrogens with one attached hydrogen (secondary N) is 2. The molecule has 0 spiro atoms. The Morgan fingerprint density at radius 1 is 0.741 bits per heavy atom. The van der Waals surface area contributed by atoms with Crippen molar-refractivity contribution in [3.8, 4) is 11.5 Å². The van der Waals surface area contributed by atoms with Crippen LogP contribution in [0.15, 0.2) is 78.9 Å². The normalized spacial score (nSPS) is 10.1. The summed E-state index contributed by atoms with van der Waals surface area (Å²) in [5, 5.41) is 4.98.